The number of anilines is 2. The first-order valence-corrected chi connectivity index (χ1v) is 9.61. The number of nitrogens with two attached hydrogens (primary N) is 1. The molecular formula is C22H29N3O. The molecule has 0 radical (unpaired) electrons. The van der Waals surface area contributed by atoms with E-state index in [0.717, 1.165) is 24.3 Å². The van der Waals surface area contributed by atoms with Crippen molar-refractivity contribution in [3.63, 3.8) is 0 Å². The highest BCUT2D eigenvalue weighted by Gasteiger charge is 2.22. The van der Waals surface area contributed by atoms with E-state index in [0.29, 0.717) is 0 Å². The van der Waals surface area contributed by atoms with Crippen molar-refractivity contribution in [3.05, 3.63) is 60.2 Å². The van der Waals surface area contributed by atoms with Crippen molar-refractivity contribution >= 4 is 17.3 Å². The van der Waals surface area contributed by atoms with Crippen LogP contribution in [-0.2, 0) is 4.79 Å². The van der Waals surface area contributed by atoms with Gasteiger partial charge in [-0.05, 0) is 36.6 Å². The first-order valence-electron chi connectivity index (χ1n) is 9.61. The van der Waals surface area contributed by atoms with Gasteiger partial charge in [0.15, 0.2) is 0 Å². The second-order valence-electron chi connectivity index (χ2n) is 7.17. The lowest BCUT2D eigenvalue weighted by atomic mass is 9.94. The number of benzene rings is 2. The highest BCUT2D eigenvalue weighted by Crippen LogP contribution is 2.25. The second kappa shape index (κ2) is 8.86. The largest absolute Gasteiger partial charge is 0.371 e. The molecule has 2 unspecified atom stereocenters. The number of nitrogens with one attached hydrogen (secondary N) is 1. The van der Waals surface area contributed by atoms with Gasteiger partial charge in [-0.15, -0.1) is 0 Å². The lowest BCUT2D eigenvalue weighted by Crippen LogP contribution is -2.30. The fourth-order valence-corrected chi connectivity index (χ4v) is 3.49. The van der Waals surface area contributed by atoms with Crippen molar-refractivity contribution in [2.45, 2.75) is 38.6 Å². The van der Waals surface area contributed by atoms with Crippen molar-refractivity contribution in [2.24, 2.45) is 11.7 Å². The van der Waals surface area contributed by atoms with E-state index in [9.17, 15) is 4.79 Å². The zero-order valence-corrected chi connectivity index (χ0v) is 15.5. The molecule has 0 saturated carbocycles. The van der Waals surface area contributed by atoms with Gasteiger partial charge in [0, 0.05) is 30.5 Å². The number of rotatable bonds is 5. The van der Waals surface area contributed by atoms with Crippen LogP contribution in [0.4, 0.5) is 11.4 Å². The molecule has 2 aromatic rings. The smallest absolute Gasteiger partial charge is 0.229 e. The van der Waals surface area contributed by atoms with Crippen molar-refractivity contribution in [1.29, 1.82) is 0 Å². The third-order valence-corrected chi connectivity index (χ3v) is 5.22. The van der Waals surface area contributed by atoms with Crippen LogP contribution in [0.1, 0.15) is 44.2 Å². The van der Waals surface area contributed by atoms with E-state index in [-0.39, 0.29) is 17.9 Å². The molecule has 1 saturated heterocycles. The Labute approximate surface area is 156 Å². The zero-order valence-electron chi connectivity index (χ0n) is 15.5. The van der Waals surface area contributed by atoms with E-state index in [4.69, 9.17) is 5.73 Å². The van der Waals surface area contributed by atoms with Gasteiger partial charge in [0.05, 0.1) is 5.92 Å². The maximum absolute atomic E-state index is 12.7. The van der Waals surface area contributed by atoms with Gasteiger partial charge in [0.1, 0.15) is 0 Å². The second-order valence-corrected chi connectivity index (χ2v) is 7.17. The lowest BCUT2D eigenvalue weighted by Gasteiger charge is -2.24. The summed E-state index contributed by atoms with van der Waals surface area (Å²) in [7, 11) is 0. The third-order valence-electron chi connectivity index (χ3n) is 5.22. The summed E-state index contributed by atoms with van der Waals surface area (Å²) in [6, 6.07) is 17.6. The van der Waals surface area contributed by atoms with E-state index in [1.54, 1.807) is 0 Å². The minimum atomic E-state index is -0.315. The van der Waals surface area contributed by atoms with Crippen LogP contribution in [0.25, 0.3) is 0 Å². The molecule has 4 nitrogen and oxygen atoms in total. The molecule has 1 aliphatic heterocycles. The van der Waals surface area contributed by atoms with Crippen LogP contribution in [0.3, 0.4) is 0 Å². The van der Waals surface area contributed by atoms with Gasteiger partial charge in [-0.1, -0.05) is 56.2 Å². The van der Waals surface area contributed by atoms with E-state index < -0.39 is 0 Å². The van der Waals surface area contributed by atoms with Crippen molar-refractivity contribution in [2.75, 3.05) is 23.3 Å². The van der Waals surface area contributed by atoms with Gasteiger partial charge in [-0.2, -0.15) is 0 Å². The highest BCUT2D eigenvalue weighted by molar-refractivity contribution is 5.93. The molecule has 1 aliphatic rings. The number of carbonyl (C=O) groups excluding carboxylic acids is 1. The van der Waals surface area contributed by atoms with E-state index >= 15 is 0 Å². The van der Waals surface area contributed by atoms with Crippen LogP contribution in [0, 0.1) is 5.92 Å². The molecule has 4 heteroatoms. The Morgan fingerprint density at radius 2 is 1.69 bits per heavy atom. The average molecular weight is 351 g/mol. The summed E-state index contributed by atoms with van der Waals surface area (Å²) < 4.78 is 0. The van der Waals surface area contributed by atoms with Crippen molar-refractivity contribution < 1.29 is 4.79 Å². The summed E-state index contributed by atoms with van der Waals surface area (Å²) in [5.74, 6) is -0.353. The number of carbonyl (C=O) groups is 1. The van der Waals surface area contributed by atoms with Crippen molar-refractivity contribution in [1.82, 2.24) is 0 Å². The number of hydrogen-bond donors (Lipinski definition) is 2. The molecule has 138 valence electrons. The molecule has 26 heavy (non-hydrogen) atoms. The lowest BCUT2D eigenvalue weighted by molar-refractivity contribution is -0.120. The molecule has 2 aromatic carbocycles. The number of hydrogen-bond acceptors (Lipinski definition) is 3. The summed E-state index contributed by atoms with van der Waals surface area (Å²) >= 11 is 0. The average Bonchev–Trinajstić information content (AvgIpc) is 2.97. The molecule has 3 N–H and O–H groups in total. The van der Waals surface area contributed by atoms with Crippen LogP contribution in [0.5, 0.6) is 0 Å². The molecule has 0 aliphatic carbocycles. The maximum Gasteiger partial charge on any atom is 0.229 e. The van der Waals surface area contributed by atoms with Gasteiger partial charge < -0.3 is 16.0 Å². The van der Waals surface area contributed by atoms with Crippen LogP contribution in [0.2, 0.25) is 0 Å². The predicted molar refractivity (Wildman–Crippen MR) is 108 cm³/mol. The maximum atomic E-state index is 12.7. The van der Waals surface area contributed by atoms with Gasteiger partial charge in [-0.25, -0.2) is 0 Å². The summed E-state index contributed by atoms with van der Waals surface area (Å²) in [6.07, 6.45) is 5.09. The fourth-order valence-electron chi connectivity index (χ4n) is 3.49. The summed E-state index contributed by atoms with van der Waals surface area (Å²) in [4.78, 5) is 15.1. The van der Waals surface area contributed by atoms with E-state index in [2.05, 4.69) is 22.3 Å². The molecule has 2 atom stereocenters. The van der Waals surface area contributed by atoms with Crippen LogP contribution in [0.15, 0.2) is 54.6 Å². The van der Waals surface area contributed by atoms with E-state index in [1.807, 2.05) is 49.4 Å². The number of amides is 1. The van der Waals surface area contributed by atoms with Crippen LogP contribution in [-0.4, -0.2) is 19.0 Å². The Morgan fingerprint density at radius 1 is 1.00 bits per heavy atom. The monoisotopic (exact) mass is 351 g/mol. The van der Waals surface area contributed by atoms with Gasteiger partial charge in [-0.3, -0.25) is 4.79 Å². The molecule has 1 heterocycles. The van der Waals surface area contributed by atoms with Crippen LogP contribution < -0.4 is 16.0 Å². The van der Waals surface area contributed by atoms with Gasteiger partial charge >= 0.3 is 0 Å². The molecule has 1 fully saturated rings. The molecular weight excluding hydrogens is 322 g/mol. The van der Waals surface area contributed by atoms with Gasteiger partial charge in [0.25, 0.3) is 0 Å². The summed E-state index contributed by atoms with van der Waals surface area (Å²) in [5.41, 5.74) is 9.29. The minimum Gasteiger partial charge on any atom is -0.371 e. The first kappa shape index (κ1) is 18.5. The molecule has 0 aromatic heterocycles. The molecule has 1 amide bonds. The van der Waals surface area contributed by atoms with Crippen LogP contribution >= 0.6 is 0 Å². The Morgan fingerprint density at radius 3 is 2.38 bits per heavy atom. The zero-order chi connectivity index (χ0) is 18.4. The summed E-state index contributed by atoms with van der Waals surface area (Å²) in [5, 5.41) is 3.04. The standard InChI is InChI=1S/C22H29N3O/c1-17(21(23)18-10-5-4-6-11-18)22(26)24-19-12-9-13-20(16-19)25-14-7-2-3-8-15-25/h4-6,9-13,16-17,21H,2-3,7-8,14-15,23H2,1H3,(H,24,26). The Balaban J connectivity index is 1.66. The predicted octanol–water partition coefficient (Wildman–Crippen LogP) is 4.34. The first-order chi connectivity index (χ1) is 12.6. The van der Waals surface area contributed by atoms with Gasteiger partial charge in [0.2, 0.25) is 5.91 Å². The Kier molecular flexibility index (Phi) is 6.29. The van der Waals surface area contributed by atoms with E-state index in [1.165, 1.54) is 31.4 Å². The quantitative estimate of drug-likeness (QED) is 0.842. The minimum absolute atomic E-state index is 0.0469. The SMILES string of the molecule is CC(C(=O)Nc1cccc(N2CCCCCC2)c1)C(N)c1ccccc1. The topological polar surface area (TPSA) is 58.4 Å². The van der Waals surface area contributed by atoms with Crippen molar-refractivity contribution in [3.8, 4) is 0 Å². The number of nitrogens with zero attached hydrogens (tertiary/aromatic N) is 1. The Bertz CT molecular complexity index is 708. The normalized spacial score (nSPS) is 17.2. The fraction of sp³-hybridized carbons (Fsp3) is 0.409. The molecule has 3 rings (SSSR count). The molecule has 0 spiro atoms. The Hall–Kier alpha value is -2.33. The molecule has 0 bridgehead atoms. The highest BCUT2D eigenvalue weighted by atomic mass is 16.1. The third kappa shape index (κ3) is 4.64. The summed E-state index contributed by atoms with van der Waals surface area (Å²) in [6.45, 7) is 4.06.